The summed E-state index contributed by atoms with van der Waals surface area (Å²) in [6.45, 7) is 2.27. The van der Waals surface area contributed by atoms with Crippen molar-refractivity contribution in [2.24, 2.45) is 4.99 Å². The fourth-order valence-electron chi connectivity index (χ4n) is 1.29. The Balaban J connectivity index is 2.19. The van der Waals surface area contributed by atoms with Gasteiger partial charge in [-0.05, 0) is 20.5 Å². The molecule has 0 aromatic carbocycles. The molecule has 1 aromatic rings. The molecular weight excluding hydrogens is 276 g/mol. The zero-order valence-corrected chi connectivity index (χ0v) is 12.6. The molecule has 20 heavy (non-hydrogen) atoms. The van der Waals surface area contributed by atoms with Crippen LogP contribution in [0.4, 0.5) is 0 Å². The van der Waals surface area contributed by atoms with Crippen LogP contribution in [0, 0.1) is 11.5 Å². The highest BCUT2D eigenvalue weighted by Gasteiger charge is 1.99. The van der Waals surface area contributed by atoms with Crippen molar-refractivity contribution in [3.63, 3.8) is 0 Å². The minimum Gasteiger partial charge on any atom is -0.440 e. The lowest BCUT2D eigenvalue weighted by Gasteiger charge is -2.11. The van der Waals surface area contributed by atoms with Crippen molar-refractivity contribution in [1.82, 2.24) is 20.5 Å². The van der Waals surface area contributed by atoms with Crippen LogP contribution in [-0.4, -0.2) is 55.3 Å². The summed E-state index contributed by atoms with van der Waals surface area (Å²) in [7, 11) is 3.99. The van der Waals surface area contributed by atoms with Gasteiger partial charge in [-0.25, -0.2) is 4.98 Å². The van der Waals surface area contributed by atoms with E-state index in [4.69, 9.17) is 9.68 Å². The summed E-state index contributed by atoms with van der Waals surface area (Å²) in [5.41, 5.74) is 0. The van der Waals surface area contributed by atoms with Crippen molar-refractivity contribution < 1.29 is 4.42 Å². The number of oxazole rings is 1. The molecule has 0 saturated heterocycles. The predicted molar refractivity (Wildman–Crippen MR) is 79.5 cm³/mol. The molecule has 0 atom stereocenters. The zero-order chi connectivity index (χ0) is 14.6. The highest BCUT2D eigenvalue weighted by Crippen LogP contribution is 2.15. The maximum Gasteiger partial charge on any atom is 0.255 e. The molecule has 0 aliphatic heterocycles. The van der Waals surface area contributed by atoms with E-state index in [0.29, 0.717) is 17.7 Å². The monoisotopic (exact) mass is 296 g/mol. The topological polar surface area (TPSA) is 89.5 Å². The SMILES string of the molecule is CN(C)CCN/C(=N/CCCSc1ncco1)NC#N. The zero-order valence-electron chi connectivity index (χ0n) is 11.8. The molecule has 8 heteroatoms. The van der Waals surface area contributed by atoms with E-state index in [1.54, 1.807) is 24.2 Å². The van der Waals surface area contributed by atoms with E-state index in [0.717, 1.165) is 25.3 Å². The van der Waals surface area contributed by atoms with Crippen molar-refractivity contribution in [3.05, 3.63) is 12.5 Å². The normalized spacial score (nSPS) is 11.4. The van der Waals surface area contributed by atoms with Gasteiger partial charge < -0.3 is 14.6 Å². The number of thioether (sulfide) groups is 1. The molecule has 0 fully saturated rings. The van der Waals surface area contributed by atoms with Crippen LogP contribution in [-0.2, 0) is 0 Å². The van der Waals surface area contributed by atoms with Gasteiger partial charge in [-0.1, -0.05) is 11.8 Å². The molecular formula is C12H20N6OS. The van der Waals surface area contributed by atoms with Gasteiger partial charge in [0.2, 0.25) is 5.96 Å². The molecule has 0 radical (unpaired) electrons. The van der Waals surface area contributed by atoms with Gasteiger partial charge in [0.15, 0.2) is 6.19 Å². The molecule has 0 aliphatic carbocycles. The van der Waals surface area contributed by atoms with E-state index in [1.165, 1.54) is 0 Å². The van der Waals surface area contributed by atoms with Gasteiger partial charge in [-0.15, -0.1) is 0 Å². The average Bonchev–Trinajstić information content (AvgIpc) is 2.91. The van der Waals surface area contributed by atoms with Crippen LogP contribution >= 0.6 is 11.8 Å². The molecule has 2 N–H and O–H groups in total. The molecule has 1 aromatic heterocycles. The summed E-state index contributed by atoms with van der Waals surface area (Å²) >= 11 is 1.55. The van der Waals surface area contributed by atoms with Crippen LogP contribution in [0.3, 0.4) is 0 Å². The molecule has 1 heterocycles. The maximum atomic E-state index is 8.66. The molecule has 7 nitrogen and oxygen atoms in total. The number of nitrogens with zero attached hydrogens (tertiary/aromatic N) is 4. The first-order chi connectivity index (χ1) is 9.72. The average molecular weight is 296 g/mol. The smallest absolute Gasteiger partial charge is 0.255 e. The van der Waals surface area contributed by atoms with E-state index in [2.05, 4.69) is 25.5 Å². The number of aromatic nitrogens is 1. The third-order valence-corrected chi connectivity index (χ3v) is 3.17. The Labute approximate surface area is 123 Å². The van der Waals surface area contributed by atoms with Crippen molar-refractivity contribution in [2.45, 2.75) is 11.6 Å². The number of guanidine groups is 1. The van der Waals surface area contributed by atoms with Crippen LogP contribution in [0.25, 0.3) is 0 Å². The van der Waals surface area contributed by atoms with Crippen molar-refractivity contribution in [2.75, 3.05) is 39.5 Å². The quantitative estimate of drug-likeness (QED) is 0.182. The molecule has 0 spiro atoms. The van der Waals surface area contributed by atoms with Gasteiger partial charge >= 0.3 is 0 Å². The minimum absolute atomic E-state index is 0.524. The second-order valence-corrected chi connectivity index (χ2v) is 5.24. The summed E-state index contributed by atoms with van der Waals surface area (Å²) in [6, 6.07) is 0. The first-order valence-electron chi connectivity index (χ1n) is 6.33. The van der Waals surface area contributed by atoms with E-state index < -0.39 is 0 Å². The third kappa shape index (κ3) is 7.66. The Morgan fingerprint density at radius 2 is 2.45 bits per heavy atom. The fourth-order valence-corrected chi connectivity index (χ4v) is 1.99. The molecule has 0 unspecified atom stereocenters. The second-order valence-electron chi connectivity index (χ2n) is 4.20. The van der Waals surface area contributed by atoms with E-state index in [9.17, 15) is 0 Å². The van der Waals surface area contributed by atoms with Gasteiger partial charge in [-0.2, -0.15) is 5.26 Å². The number of hydrogen-bond donors (Lipinski definition) is 2. The van der Waals surface area contributed by atoms with Crippen LogP contribution in [0.5, 0.6) is 0 Å². The summed E-state index contributed by atoms with van der Waals surface area (Å²) in [4.78, 5) is 10.4. The van der Waals surface area contributed by atoms with E-state index in [-0.39, 0.29) is 0 Å². The van der Waals surface area contributed by atoms with Crippen molar-refractivity contribution >= 4 is 17.7 Å². The first kappa shape index (κ1) is 16.3. The Bertz CT molecular complexity index is 426. The number of nitriles is 1. The molecule has 0 aliphatic rings. The van der Waals surface area contributed by atoms with Crippen LogP contribution in [0.15, 0.2) is 27.1 Å². The highest BCUT2D eigenvalue weighted by molar-refractivity contribution is 7.99. The lowest BCUT2D eigenvalue weighted by Crippen LogP contribution is -2.38. The largest absolute Gasteiger partial charge is 0.440 e. The predicted octanol–water partition coefficient (Wildman–Crippen LogP) is 0.735. The summed E-state index contributed by atoms with van der Waals surface area (Å²) in [5, 5.41) is 15.0. The van der Waals surface area contributed by atoms with Gasteiger partial charge in [0, 0.05) is 25.4 Å². The number of rotatable bonds is 8. The standard InChI is InChI=1S/C12H20N6OS/c1-18(2)7-5-15-11(17-10-13)14-4-3-9-20-12-16-6-8-19-12/h6,8H,3-5,7,9H2,1-2H3,(H2,14,15,17). The highest BCUT2D eigenvalue weighted by atomic mass is 32.2. The maximum absolute atomic E-state index is 8.66. The van der Waals surface area contributed by atoms with Gasteiger partial charge in [0.25, 0.3) is 5.22 Å². The van der Waals surface area contributed by atoms with Crippen LogP contribution < -0.4 is 10.6 Å². The molecule has 1 rings (SSSR count). The van der Waals surface area contributed by atoms with Gasteiger partial charge in [0.05, 0.1) is 6.20 Å². The summed E-state index contributed by atoms with van der Waals surface area (Å²) < 4.78 is 5.12. The minimum atomic E-state index is 0.524. The molecule has 0 amide bonds. The van der Waals surface area contributed by atoms with E-state index >= 15 is 0 Å². The van der Waals surface area contributed by atoms with Crippen molar-refractivity contribution in [3.8, 4) is 6.19 Å². The first-order valence-corrected chi connectivity index (χ1v) is 7.31. The number of aliphatic imine (C=N–C) groups is 1. The Kier molecular flexibility index (Phi) is 8.26. The van der Waals surface area contributed by atoms with Crippen molar-refractivity contribution in [1.29, 1.82) is 5.26 Å². The summed E-state index contributed by atoms with van der Waals surface area (Å²) in [5.74, 6) is 1.40. The number of nitrogens with one attached hydrogen (secondary N) is 2. The summed E-state index contributed by atoms with van der Waals surface area (Å²) in [6.07, 6.45) is 5.96. The van der Waals surface area contributed by atoms with E-state index in [1.807, 2.05) is 20.3 Å². The number of hydrogen-bond acceptors (Lipinski definition) is 6. The lowest BCUT2D eigenvalue weighted by molar-refractivity contribution is 0.412. The third-order valence-electron chi connectivity index (χ3n) is 2.23. The van der Waals surface area contributed by atoms with Gasteiger partial charge in [0.1, 0.15) is 6.26 Å². The van der Waals surface area contributed by atoms with Crippen LogP contribution in [0.1, 0.15) is 6.42 Å². The molecule has 110 valence electrons. The number of likely N-dealkylation sites (N-methyl/N-ethyl adjacent to an activating group) is 1. The molecule has 0 saturated carbocycles. The Morgan fingerprint density at radius 3 is 3.10 bits per heavy atom. The second kappa shape index (κ2) is 10.1. The van der Waals surface area contributed by atoms with Gasteiger partial charge in [-0.3, -0.25) is 10.3 Å². The molecule has 0 bridgehead atoms. The fraction of sp³-hybridized carbons (Fsp3) is 0.583. The Hall–Kier alpha value is -1.72. The lowest BCUT2D eigenvalue weighted by atomic mass is 10.5. The Morgan fingerprint density at radius 1 is 1.60 bits per heavy atom. The van der Waals surface area contributed by atoms with Crippen LogP contribution in [0.2, 0.25) is 0 Å².